The van der Waals surface area contributed by atoms with Crippen molar-refractivity contribution in [2.24, 2.45) is 0 Å². The maximum absolute atomic E-state index is 10.8. The van der Waals surface area contributed by atoms with Crippen molar-refractivity contribution in [1.29, 1.82) is 0 Å². The molecule has 6 nitrogen and oxygen atoms in total. The van der Waals surface area contributed by atoms with E-state index in [2.05, 4.69) is 16.9 Å². The van der Waals surface area contributed by atoms with Crippen molar-refractivity contribution in [1.82, 2.24) is 10.0 Å². The summed E-state index contributed by atoms with van der Waals surface area (Å²) < 4.78 is 5.37. The lowest BCUT2D eigenvalue weighted by atomic mass is 10.2. The van der Waals surface area contributed by atoms with Crippen LogP contribution < -0.4 is 0 Å². The van der Waals surface area contributed by atoms with Crippen LogP contribution >= 0.6 is 0 Å². The second-order valence-corrected chi connectivity index (χ2v) is 4.88. The number of ether oxygens (including phenoxy) is 1. The summed E-state index contributed by atoms with van der Waals surface area (Å²) in [4.78, 5) is 10.5. The first-order chi connectivity index (χ1) is 9.70. The van der Waals surface area contributed by atoms with Gasteiger partial charge in [-0.3, -0.25) is 10.1 Å². The van der Waals surface area contributed by atoms with Gasteiger partial charge in [-0.05, 0) is 12.0 Å². The van der Waals surface area contributed by atoms with Crippen LogP contribution in [0.2, 0.25) is 0 Å². The van der Waals surface area contributed by atoms with Gasteiger partial charge >= 0.3 is 0 Å². The second-order valence-electron chi connectivity index (χ2n) is 4.88. The Balaban J connectivity index is 2.06. The standard InChI is InChI=1S/C14H21N3O3/c1-2-6-16(15-7-9-20-10-8-15)12-13-4-3-5-14(11-13)17(18)19/h3-5,11H,2,6-10,12H2,1H3. The Labute approximate surface area is 119 Å². The summed E-state index contributed by atoms with van der Waals surface area (Å²) in [5.41, 5.74) is 1.13. The summed E-state index contributed by atoms with van der Waals surface area (Å²) in [7, 11) is 0. The summed E-state index contributed by atoms with van der Waals surface area (Å²) in [5.74, 6) is 0. The molecular weight excluding hydrogens is 258 g/mol. The van der Waals surface area contributed by atoms with Crippen LogP contribution in [0.1, 0.15) is 18.9 Å². The molecule has 20 heavy (non-hydrogen) atoms. The first-order valence-corrected chi connectivity index (χ1v) is 7.01. The van der Waals surface area contributed by atoms with Gasteiger partial charge < -0.3 is 4.74 Å². The van der Waals surface area contributed by atoms with Gasteiger partial charge in [-0.2, -0.15) is 0 Å². The molecule has 0 spiro atoms. The van der Waals surface area contributed by atoms with Crippen LogP contribution in [0.25, 0.3) is 0 Å². The van der Waals surface area contributed by atoms with E-state index in [9.17, 15) is 10.1 Å². The summed E-state index contributed by atoms with van der Waals surface area (Å²) in [5, 5.41) is 15.4. The van der Waals surface area contributed by atoms with E-state index in [0.717, 1.165) is 44.8 Å². The molecule has 1 saturated heterocycles. The van der Waals surface area contributed by atoms with Gasteiger partial charge in [0.1, 0.15) is 0 Å². The molecule has 0 saturated carbocycles. The molecule has 0 unspecified atom stereocenters. The number of nitro groups is 1. The molecule has 1 heterocycles. The lowest BCUT2D eigenvalue weighted by molar-refractivity contribution is -0.384. The number of hydrogen-bond donors (Lipinski definition) is 0. The van der Waals surface area contributed by atoms with Crippen molar-refractivity contribution in [2.45, 2.75) is 19.9 Å². The summed E-state index contributed by atoms with van der Waals surface area (Å²) >= 11 is 0. The molecule has 0 aromatic heterocycles. The summed E-state index contributed by atoms with van der Waals surface area (Å²) in [6, 6.07) is 6.87. The van der Waals surface area contributed by atoms with Crippen molar-refractivity contribution < 1.29 is 9.66 Å². The van der Waals surface area contributed by atoms with Gasteiger partial charge in [0.15, 0.2) is 0 Å². The molecule has 0 bridgehead atoms. The van der Waals surface area contributed by atoms with Crippen LogP contribution in [0.5, 0.6) is 0 Å². The van der Waals surface area contributed by atoms with Gasteiger partial charge in [0, 0.05) is 38.3 Å². The minimum atomic E-state index is -0.345. The van der Waals surface area contributed by atoms with Crippen LogP contribution in [-0.2, 0) is 11.3 Å². The Morgan fingerprint density at radius 1 is 1.40 bits per heavy atom. The third-order valence-corrected chi connectivity index (χ3v) is 3.36. The average Bonchev–Trinajstić information content (AvgIpc) is 2.48. The van der Waals surface area contributed by atoms with Crippen molar-refractivity contribution in [3.8, 4) is 0 Å². The molecule has 1 fully saturated rings. The highest BCUT2D eigenvalue weighted by atomic mass is 16.6. The molecule has 6 heteroatoms. The summed E-state index contributed by atoms with van der Waals surface area (Å²) in [6.07, 6.45) is 1.05. The van der Waals surface area contributed by atoms with Crippen LogP contribution in [-0.4, -0.2) is 47.8 Å². The third kappa shape index (κ3) is 4.00. The lowest BCUT2D eigenvalue weighted by Gasteiger charge is -2.37. The largest absolute Gasteiger partial charge is 0.379 e. The van der Waals surface area contributed by atoms with Gasteiger partial charge in [0.2, 0.25) is 0 Å². The van der Waals surface area contributed by atoms with Gasteiger partial charge in [-0.1, -0.05) is 19.1 Å². The fraction of sp³-hybridized carbons (Fsp3) is 0.571. The van der Waals surface area contributed by atoms with Crippen molar-refractivity contribution in [3.63, 3.8) is 0 Å². The van der Waals surface area contributed by atoms with Crippen molar-refractivity contribution in [2.75, 3.05) is 32.8 Å². The Morgan fingerprint density at radius 2 is 2.15 bits per heavy atom. The van der Waals surface area contributed by atoms with E-state index in [1.54, 1.807) is 12.1 Å². The van der Waals surface area contributed by atoms with Crippen molar-refractivity contribution >= 4 is 5.69 Å². The van der Waals surface area contributed by atoms with Crippen LogP contribution in [0.15, 0.2) is 24.3 Å². The second kappa shape index (κ2) is 7.33. The van der Waals surface area contributed by atoms with E-state index >= 15 is 0 Å². The molecule has 0 N–H and O–H groups in total. The van der Waals surface area contributed by atoms with Gasteiger partial charge in [0.05, 0.1) is 18.1 Å². The molecule has 110 valence electrons. The van der Waals surface area contributed by atoms with Crippen molar-refractivity contribution in [3.05, 3.63) is 39.9 Å². The highest BCUT2D eigenvalue weighted by Gasteiger charge is 2.18. The SMILES string of the molecule is CCCN(Cc1cccc([N+](=O)[O-])c1)N1CCOCC1. The van der Waals surface area contributed by atoms with Gasteiger partial charge in [-0.15, -0.1) is 0 Å². The molecule has 0 atom stereocenters. The van der Waals surface area contributed by atoms with E-state index in [1.165, 1.54) is 6.07 Å². The molecule has 0 aliphatic carbocycles. The minimum Gasteiger partial charge on any atom is -0.379 e. The summed E-state index contributed by atoms with van der Waals surface area (Å²) in [6.45, 7) is 7.05. The average molecular weight is 279 g/mol. The first-order valence-electron chi connectivity index (χ1n) is 7.01. The zero-order valence-electron chi connectivity index (χ0n) is 11.8. The van der Waals surface area contributed by atoms with E-state index < -0.39 is 0 Å². The van der Waals surface area contributed by atoms with Gasteiger partial charge in [-0.25, -0.2) is 10.0 Å². The van der Waals surface area contributed by atoms with E-state index in [1.807, 2.05) is 6.07 Å². The molecule has 0 amide bonds. The van der Waals surface area contributed by atoms with Crippen LogP contribution in [0.3, 0.4) is 0 Å². The van der Waals surface area contributed by atoms with Crippen LogP contribution in [0.4, 0.5) is 5.69 Å². The monoisotopic (exact) mass is 279 g/mol. The predicted molar refractivity (Wildman–Crippen MR) is 76.2 cm³/mol. The predicted octanol–water partition coefficient (Wildman–Crippen LogP) is 2.05. The molecule has 0 radical (unpaired) electrons. The Bertz CT molecular complexity index is 447. The molecule has 1 aromatic rings. The maximum atomic E-state index is 10.8. The van der Waals surface area contributed by atoms with E-state index in [0.29, 0.717) is 6.54 Å². The topological polar surface area (TPSA) is 58.8 Å². The third-order valence-electron chi connectivity index (χ3n) is 3.36. The number of hydrogen-bond acceptors (Lipinski definition) is 5. The number of nitro benzene ring substituents is 1. The number of non-ortho nitro benzene ring substituents is 1. The van der Waals surface area contributed by atoms with E-state index in [-0.39, 0.29) is 10.6 Å². The number of benzene rings is 1. The fourth-order valence-corrected chi connectivity index (χ4v) is 2.39. The Hall–Kier alpha value is -1.50. The number of nitrogens with zero attached hydrogens (tertiary/aromatic N) is 3. The molecule has 1 aliphatic rings. The highest BCUT2D eigenvalue weighted by Crippen LogP contribution is 2.16. The fourth-order valence-electron chi connectivity index (χ4n) is 2.39. The number of hydrazine groups is 1. The highest BCUT2D eigenvalue weighted by molar-refractivity contribution is 5.34. The number of morpholine rings is 1. The Kier molecular flexibility index (Phi) is 5.46. The quantitative estimate of drug-likeness (QED) is 0.589. The molecular formula is C14H21N3O3. The normalized spacial score (nSPS) is 16.5. The molecule has 1 aromatic carbocycles. The maximum Gasteiger partial charge on any atom is 0.269 e. The molecule has 2 rings (SSSR count). The molecule has 1 aliphatic heterocycles. The zero-order valence-corrected chi connectivity index (χ0v) is 11.8. The van der Waals surface area contributed by atoms with E-state index in [4.69, 9.17) is 4.74 Å². The van der Waals surface area contributed by atoms with Crippen LogP contribution in [0, 0.1) is 10.1 Å². The van der Waals surface area contributed by atoms with Gasteiger partial charge in [0.25, 0.3) is 5.69 Å². The smallest absolute Gasteiger partial charge is 0.269 e. The number of rotatable bonds is 6. The first kappa shape index (κ1) is 14.9. The minimum absolute atomic E-state index is 0.154. The zero-order chi connectivity index (χ0) is 14.4. The lowest BCUT2D eigenvalue weighted by Crippen LogP contribution is -2.48. The Morgan fingerprint density at radius 3 is 2.80 bits per heavy atom.